The first-order valence-electron chi connectivity index (χ1n) is 7.85. The second-order valence-electron chi connectivity index (χ2n) is 6.09. The lowest BCUT2D eigenvalue weighted by molar-refractivity contribution is 0.191. The summed E-state index contributed by atoms with van der Waals surface area (Å²) in [5.74, 6) is 1.89. The number of hydrogen-bond donors (Lipinski definition) is 1. The van der Waals surface area contributed by atoms with Gasteiger partial charge in [0.25, 0.3) is 0 Å². The van der Waals surface area contributed by atoms with Gasteiger partial charge in [-0.25, -0.2) is 0 Å². The first kappa shape index (κ1) is 15.3. The Morgan fingerprint density at radius 3 is 2.80 bits per heavy atom. The van der Waals surface area contributed by atoms with Gasteiger partial charge in [0, 0.05) is 25.7 Å². The summed E-state index contributed by atoms with van der Waals surface area (Å²) in [6.45, 7) is 8.31. The minimum atomic E-state index is 0.569. The van der Waals surface area contributed by atoms with Crippen molar-refractivity contribution >= 4 is 0 Å². The van der Waals surface area contributed by atoms with Crippen LogP contribution in [0.2, 0.25) is 0 Å². The number of nitrogens with zero attached hydrogens (tertiary/aromatic N) is 1. The number of rotatable bonds is 9. The summed E-state index contributed by atoms with van der Waals surface area (Å²) in [6.07, 6.45) is 3.93. The molecule has 0 spiro atoms. The van der Waals surface area contributed by atoms with Gasteiger partial charge < -0.3 is 15.4 Å². The van der Waals surface area contributed by atoms with Crippen LogP contribution in [0.3, 0.4) is 0 Å². The van der Waals surface area contributed by atoms with Gasteiger partial charge in [-0.1, -0.05) is 12.1 Å². The van der Waals surface area contributed by atoms with Crippen LogP contribution < -0.4 is 10.5 Å². The zero-order valence-corrected chi connectivity index (χ0v) is 12.8. The average Bonchev–Trinajstić information content (AvgIpc) is 3.26. The average molecular weight is 276 g/mol. The third-order valence-electron chi connectivity index (χ3n) is 3.91. The van der Waals surface area contributed by atoms with Gasteiger partial charge in [0.15, 0.2) is 0 Å². The smallest absolute Gasteiger partial charge is 0.119 e. The zero-order chi connectivity index (χ0) is 14.4. The Morgan fingerprint density at radius 1 is 1.35 bits per heavy atom. The van der Waals surface area contributed by atoms with Crippen LogP contribution in [-0.4, -0.2) is 30.6 Å². The van der Waals surface area contributed by atoms with Gasteiger partial charge >= 0.3 is 0 Å². The molecule has 0 unspecified atom stereocenters. The predicted octanol–water partition coefficient (Wildman–Crippen LogP) is 3.03. The van der Waals surface area contributed by atoms with E-state index in [1.807, 2.05) is 24.3 Å². The number of ether oxygens (including phenoxy) is 1. The molecule has 1 aliphatic carbocycles. The molecule has 0 radical (unpaired) electrons. The SMILES string of the molecule is CC(C)N(CCCOc1cccc(CN)c1)CC1CC1. The highest BCUT2D eigenvalue weighted by Crippen LogP contribution is 2.30. The van der Waals surface area contributed by atoms with Gasteiger partial charge in [-0.2, -0.15) is 0 Å². The minimum absolute atomic E-state index is 0.569. The van der Waals surface area contributed by atoms with Crippen molar-refractivity contribution in [2.45, 2.75) is 45.7 Å². The van der Waals surface area contributed by atoms with E-state index in [-0.39, 0.29) is 0 Å². The van der Waals surface area contributed by atoms with Crippen LogP contribution in [0.4, 0.5) is 0 Å². The second-order valence-corrected chi connectivity index (χ2v) is 6.09. The topological polar surface area (TPSA) is 38.5 Å². The third kappa shape index (κ3) is 5.14. The second kappa shape index (κ2) is 7.65. The van der Waals surface area contributed by atoms with E-state index in [0.29, 0.717) is 12.6 Å². The number of benzene rings is 1. The highest BCUT2D eigenvalue weighted by atomic mass is 16.5. The Morgan fingerprint density at radius 2 is 2.15 bits per heavy atom. The predicted molar refractivity (Wildman–Crippen MR) is 83.9 cm³/mol. The molecule has 0 atom stereocenters. The van der Waals surface area contributed by atoms with Crippen LogP contribution in [0.5, 0.6) is 5.75 Å². The van der Waals surface area contributed by atoms with Crippen LogP contribution in [-0.2, 0) is 6.54 Å². The maximum absolute atomic E-state index is 5.82. The summed E-state index contributed by atoms with van der Waals surface area (Å²) in [6, 6.07) is 8.71. The Kier molecular flexibility index (Phi) is 5.86. The Hall–Kier alpha value is -1.06. The van der Waals surface area contributed by atoms with E-state index in [9.17, 15) is 0 Å². The molecule has 0 saturated heterocycles. The number of nitrogens with two attached hydrogens (primary N) is 1. The van der Waals surface area contributed by atoms with Crippen molar-refractivity contribution in [3.8, 4) is 5.75 Å². The first-order valence-corrected chi connectivity index (χ1v) is 7.85. The van der Waals surface area contributed by atoms with Crippen molar-refractivity contribution < 1.29 is 4.74 Å². The molecule has 112 valence electrons. The van der Waals surface area contributed by atoms with E-state index in [1.54, 1.807) is 0 Å². The lowest BCUT2D eigenvalue weighted by Crippen LogP contribution is -2.34. The molecule has 1 aromatic carbocycles. The molecule has 0 heterocycles. The summed E-state index contributed by atoms with van der Waals surface area (Å²) in [4.78, 5) is 2.58. The van der Waals surface area contributed by atoms with Crippen LogP contribution in [0.15, 0.2) is 24.3 Å². The molecule has 1 fully saturated rings. The van der Waals surface area contributed by atoms with Crippen molar-refractivity contribution in [1.29, 1.82) is 0 Å². The maximum Gasteiger partial charge on any atom is 0.119 e. The molecule has 0 aromatic heterocycles. The van der Waals surface area contributed by atoms with Crippen LogP contribution in [0.1, 0.15) is 38.7 Å². The van der Waals surface area contributed by atoms with Crippen LogP contribution in [0.25, 0.3) is 0 Å². The number of hydrogen-bond acceptors (Lipinski definition) is 3. The molecule has 3 nitrogen and oxygen atoms in total. The Bertz CT molecular complexity index is 402. The molecular formula is C17H28N2O. The van der Waals surface area contributed by atoms with Crippen molar-refractivity contribution in [1.82, 2.24) is 4.90 Å². The summed E-state index contributed by atoms with van der Waals surface area (Å²) in [5, 5.41) is 0. The van der Waals surface area contributed by atoms with E-state index in [2.05, 4.69) is 18.7 Å². The van der Waals surface area contributed by atoms with Crippen molar-refractivity contribution in [2.24, 2.45) is 11.7 Å². The fourth-order valence-corrected chi connectivity index (χ4v) is 2.41. The summed E-state index contributed by atoms with van der Waals surface area (Å²) < 4.78 is 5.82. The lowest BCUT2D eigenvalue weighted by Gasteiger charge is -2.26. The lowest BCUT2D eigenvalue weighted by atomic mass is 10.2. The van der Waals surface area contributed by atoms with E-state index >= 15 is 0 Å². The molecule has 3 heteroatoms. The van der Waals surface area contributed by atoms with Crippen molar-refractivity contribution in [3.63, 3.8) is 0 Å². The summed E-state index contributed by atoms with van der Waals surface area (Å²) in [5.41, 5.74) is 6.76. The van der Waals surface area contributed by atoms with Crippen molar-refractivity contribution in [2.75, 3.05) is 19.7 Å². The van der Waals surface area contributed by atoms with E-state index in [0.717, 1.165) is 36.8 Å². The third-order valence-corrected chi connectivity index (χ3v) is 3.91. The van der Waals surface area contributed by atoms with Gasteiger partial charge in [0.1, 0.15) is 5.75 Å². The van der Waals surface area contributed by atoms with Gasteiger partial charge in [-0.05, 0) is 56.7 Å². The molecule has 1 aliphatic rings. The van der Waals surface area contributed by atoms with Crippen molar-refractivity contribution in [3.05, 3.63) is 29.8 Å². The fraction of sp³-hybridized carbons (Fsp3) is 0.647. The van der Waals surface area contributed by atoms with Gasteiger partial charge in [0.05, 0.1) is 6.61 Å². The minimum Gasteiger partial charge on any atom is -0.494 e. The normalized spacial score (nSPS) is 15.1. The molecule has 0 amide bonds. The summed E-state index contributed by atoms with van der Waals surface area (Å²) >= 11 is 0. The fourth-order valence-electron chi connectivity index (χ4n) is 2.41. The monoisotopic (exact) mass is 276 g/mol. The van der Waals surface area contributed by atoms with Gasteiger partial charge in [-0.15, -0.1) is 0 Å². The first-order chi connectivity index (χ1) is 9.69. The quantitative estimate of drug-likeness (QED) is 0.705. The molecule has 1 saturated carbocycles. The van der Waals surface area contributed by atoms with E-state index in [4.69, 9.17) is 10.5 Å². The standard InChI is InChI=1S/C17H28N2O/c1-14(2)19(13-15-7-8-15)9-4-10-20-17-6-3-5-16(11-17)12-18/h3,5-6,11,14-15H,4,7-10,12-13,18H2,1-2H3. The molecule has 20 heavy (non-hydrogen) atoms. The highest BCUT2D eigenvalue weighted by Gasteiger charge is 2.25. The highest BCUT2D eigenvalue weighted by molar-refractivity contribution is 5.28. The van der Waals surface area contributed by atoms with Crippen LogP contribution in [0, 0.1) is 5.92 Å². The molecule has 0 bridgehead atoms. The van der Waals surface area contributed by atoms with E-state index in [1.165, 1.54) is 19.4 Å². The Balaban J connectivity index is 1.68. The summed E-state index contributed by atoms with van der Waals surface area (Å²) in [7, 11) is 0. The van der Waals surface area contributed by atoms with Crippen LogP contribution >= 0.6 is 0 Å². The molecule has 0 aliphatic heterocycles. The maximum atomic E-state index is 5.82. The molecule has 2 rings (SSSR count). The zero-order valence-electron chi connectivity index (χ0n) is 12.8. The van der Waals surface area contributed by atoms with Gasteiger partial charge in [-0.3, -0.25) is 0 Å². The molecule has 2 N–H and O–H groups in total. The largest absolute Gasteiger partial charge is 0.494 e. The van der Waals surface area contributed by atoms with Gasteiger partial charge in [0.2, 0.25) is 0 Å². The van der Waals surface area contributed by atoms with E-state index < -0.39 is 0 Å². The molecule has 1 aromatic rings. The molecular weight excluding hydrogens is 248 g/mol. The Labute approximate surface area is 123 Å².